The van der Waals surface area contributed by atoms with Crippen molar-refractivity contribution in [3.63, 3.8) is 0 Å². The standard InChI is InChI=1S/C22H23BrClFO2Si/c1-4-28(5-2,6-3)27-18-12-15-19-17(13-16(25)21(24)20(19)23)26-22(15,18)14-10-8-7-9-11-14/h7-13,15H,4-6H2,1-3H3. The number of fused-ring (bicyclic) bond motifs is 3. The zero-order chi connectivity index (χ0) is 20.1. The molecule has 0 N–H and O–H groups in total. The second kappa shape index (κ2) is 7.19. The average Bonchev–Trinajstić information content (AvgIpc) is 2.97. The molecule has 0 saturated heterocycles. The van der Waals surface area contributed by atoms with Gasteiger partial charge in [-0.05, 0) is 40.1 Å². The van der Waals surface area contributed by atoms with Crippen LogP contribution in [0.4, 0.5) is 4.39 Å². The minimum absolute atomic E-state index is 0.0651. The van der Waals surface area contributed by atoms with Gasteiger partial charge in [0.1, 0.15) is 17.3 Å². The van der Waals surface area contributed by atoms with Crippen LogP contribution in [0, 0.1) is 5.82 Å². The normalized spacial score (nSPS) is 22.6. The Balaban J connectivity index is 1.85. The fraction of sp³-hybridized carbons (Fsp3) is 0.364. The molecule has 0 bridgehead atoms. The lowest BCUT2D eigenvalue weighted by atomic mass is 9.69. The van der Waals surface area contributed by atoms with Gasteiger partial charge in [-0.2, -0.15) is 0 Å². The van der Waals surface area contributed by atoms with Crippen LogP contribution in [0.2, 0.25) is 23.2 Å². The van der Waals surface area contributed by atoms with E-state index in [1.165, 1.54) is 6.07 Å². The van der Waals surface area contributed by atoms with E-state index in [0.29, 0.717) is 10.2 Å². The molecule has 6 heteroatoms. The van der Waals surface area contributed by atoms with Crippen molar-refractivity contribution >= 4 is 35.8 Å². The van der Waals surface area contributed by atoms with E-state index in [4.69, 9.17) is 20.8 Å². The lowest BCUT2D eigenvalue weighted by molar-refractivity contribution is 0.0452. The zero-order valence-electron chi connectivity index (χ0n) is 16.2. The maximum absolute atomic E-state index is 14.3. The number of ether oxygens (including phenoxy) is 1. The van der Waals surface area contributed by atoms with E-state index in [1.54, 1.807) is 0 Å². The van der Waals surface area contributed by atoms with Gasteiger partial charge < -0.3 is 9.16 Å². The monoisotopic (exact) mass is 480 g/mol. The van der Waals surface area contributed by atoms with Gasteiger partial charge in [-0.25, -0.2) is 4.39 Å². The summed E-state index contributed by atoms with van der Waals surface area (Å²) >= 11 is 9.67. The predicted octanol–water partition coefficient (Wildman–Crippen LogP) is 7.53. The lowest BCUT2D eigenvalue weighted by Gasteiger charge is -2.46. The van der Waals surface area contributed by atoms with Gasteiger partial charge in [0.25, 0.3) is 0 Å². The van der Waals surface area contributed by atoms with E-state index in [9.17, 15) is 4.39 Å². The number of halogens is 3. The van der Waals surface area contributed by atoms with Gasteiger partial charge in [-0.3, -0.25) is 0 Å². The van der Waals surface area contributed by atoms with E-state index >= 15 is 0 Å². The summed E-state index contributed by atoms with van der Waals surface area (Å²) in [6.45, 7) is 6.63. The highest BCUT2D eigenvalue weighted by Gasteiger charge is 2.61. The Kier molecular flexibility index (Phi) is 5.13. The number of rotatable bonds is 6. The van der Waals surface area contributed by atoms with Crippen molar-refractivity contribution in [3.8, 4) is 5.75 Å². The van der Waals surface area contributed by atoms with Gasteiger partial charge in [0.15, 0.2) is 5.60 Å². The maximum atomic E-state index is 14.3. The van der Waals surface area contributed by atoms with Crippen molar-refractivity contribution in [1.29, 1.82) is 0 Å². The van der Waals surface area contributed by atoms with Gasteiger partial charge in [-0.1, -0.05) is 62.7 Å². The van der Waals surface area contributed by atoms with Crippen LogP contribution in [0.1, 0.15) is 37.8 Å². The van der Waals surface area contributed by atoms with Gasteiger partial charge in [-0.15, -0.1) is 0 Å². The summed E-state index contributed by atoms with van der Waals surface area (Å²) in [4.78, 5) is 0. The molecule has 0 saturated carbocycles. The molecule has 2 atom stereocenters. The smallest absolute Gasteiger partial charge is 0.250 e. The largest absolute Gasteiger partial charge is 0.544 e. The van der Waals surface area contributed by atoms with Crippen molar-refractivity contribution in [2.75, 3.05) is 0 Å². The molecule has 0 amide bonds. The third-order valence-electron chi connectivity index (χ3n) is 6.33. The second-order valence-electron chi connectivity index (χ2n) is 7.46. The molecule has 2 aromatic rings. The summed E-state index contributed by atoms with van der Waals surface area (Å²) in [5.74, 6) is 0.832. The average molecular weight is 482 g/mol. The Morgan fingerprint density at radius 2 is 1.82 bits per heavy atom. The van der Waals surface area contributed by atoms with Crippen molar-refractivity contribution < 1.29 is 13.6 Å². The van der Waals surface area contributed by atoms with Crippen LogP contribution in [-0.4, -0.2) is 8.32 Å². The van der Waals surface area contributed by atoms with Crippen LogP contribution in [0.25, 0.3) is 0 Å². The van der Waals surface area contributed by atoms with Gasteiger partial charge in [0.2, 0.25) is 8.32 Å². The van der Waals surface area contributed by atoms with Crippen LogP contribution < -0.4 is 4.74 Å². The van der Waals surface area contributed by atoms with Crippen LogP contribution in [0.5, 0.6) is 5.75 Å². The molecule has 4 rings (SSSR count). The van der Waals surface area contributed by atoms with Gasteiger partial charge in [0.05, 0.1) is 10.9 Å². The van der Waals surface area contributed by atoms with Gasteiger partial charge in [0, 0.05) is 21.7 Å². The number of hydrogen-bond acceptors (Lipinski definition) is 2. The fourth-order valence-corrected chi connectivity index (χ4v) is 7.77. The van der Waals surface area contributed by atoms with E-state index in [2.05, 4.69) is 42.8 Å². The molecule has 0 aromatic heterocycles. The molecule has 1 aliphatic heterocycles. The Bertz CT molecular complexity index is 937. The van der Waals surface area contributed by atoms with Crippen LogP contribution in [-0.2, 0) is 10.0 Å². The first-order valence-corrected chi connectivity index (χ1v) is 13.5. The van der Waals surface area contributed by atoms with Crippen LogP contribution in [0.15, 0.2) is 52.7 Å². The molecule has 28 heavy (non-hydrogen) atoms. The van der Waals surface area contributed by atoms with Crippen molar-refractivity contribution in [1.82, 2.24) is 0 Å². The molecule has 2 unspecified atom stereocenters. The Hall–Kier alpha value is -1.30. The summed E-state index contributed by atoms with van der Waals surface area (Å²) in [6, 6.07) is 14.6. The number of hydrogen-bond donors (Lipinski definition) is 0. The molecule has 2 aromatic carbocycles. The molecular weight excluding hydrogens is 459 g/mol. The predicted molar refractivity (Wildman–Crippen MR) is 117 cm³/mol. The first-order chi connectivity index (χ1) is 13.4. The molecule has 0 fully saturated rings. The van der Waals surface area contributed by atoms with Crippen LogP contribution in [0.3, 0.4) is 0 Å². The molecule has 148 valence electrons. The maximum Gasteiger partial charge on any atom is 0.250 e. The summed E-state index contributed by atoms with van der Waals surface area (Å²) < 4.78 is 28.1. The SMILES string of the molecule is CC[Si](CC)(CC)OC1=CC2c3c(cc(F)c(Cl)c3Br)OC12c1ccccc1. The highest BCUT2D eigenvalue weighted by atomic mass is 79.9. The molecule has 0 radical (unpaired) electrons. The number of benzene rings is 2. The molecule has 1 aliphatic carbocycles. The van der Waals surface area contributed by atoms with Gasteiger partial charge >= 0.3 is 0 Å². The highest BCUT2D eigenvalue weighted by Crippen LogP contribution is 2.64. The third-order valence-corrected chi connectivity index (χ3v) is 12.3. The molecule has 2 aliphatic rings. The zero-order valence-corrected chi connectivity index (χ0v) is 19.5. The fourth-order valence-electron chi connectivity index (χ4n) is 4.36. The first-order valence-electron chi connectivity index (χ1n) is 9.75. The van der Waals surface area contributed by atoms with E-state index in [1.807, 2.05) is 30.3 Å². The van der Waals surface area contributed by atoms with Crippen LogP contribution >= 0.6 is 27.5 Å². The third kappa shape index (κ3) is 2.70. The van der Waals surface area contributed by atoms with E-state index in [0.717, 1.165) is 35.0 Å². The lowest BCUT2D eigenvalue weighted by Crippen LogP contribution is -2.49. The molecule has 0 spiro atoms. The quantitative estimate of drug-likeness (QED) is 0.313. The van der Waals surface area contributed by atoms with Crippen molar-refractivity contribution in [2.24, 2.45) is 0 Å². The molecular formula is C22H23BrClFO2Si. The topological polar surface area (TPSA) is 18.5 Å². The first kappa shape index (κ1) is 20.0. The molecule has 1 heterocycles. The van der Waals surface area contributed by atoms with Crippen molar-refractivity contribution in [3.05, 3.63) is 74.7 Å². The summed E-state index contributed by atoms with van der Waals surface area (Å²) in [6.07, 6.45) is 2.13. The van der Waals surface area contributed by atoms with Crippen molar-refractivity contribution in [2.45, 2.75) is 50.4 Å². The second-order valence-corrected chi connectivity index (χ2v) is 13.3. The Morgan fingerprint density at radius 3 is 2.43 bits per heavy atom. The highest BCUT2D eigenvalue weighted by molar-refractivity contribution is 9.10. The summed E-state index contributed by atoms with van der Waals surface area (Å²) in [5, 5.41) is 0.0911. The van der Waals surface area contributed by atoms with E-state index in [-0.39, 0.29) is 10.9 Å². The Morgan fingerprint density at radius 1 is 1.18 bits per heavy atom. The Labute approximate surface area is 180 Å². The summed E-state index contributed by atoms with van der Waals surface area (Å²) in [7, 11) is -1.89. The minimum atomic E-state index is -1.89. The van der Waals surface area contributed by atoms with E-state index < -0.39 is 19.7 Å². The minimum Gasteiger partial charge on any atom is -0.544 e. The summed E-state index contributed by atoms with van der Waals surface area (Å²) in [5.41, 5.74) is 1.16. The molecule has 2 nitrogen and oxygen atoms in total.